The summed E-state index contributed by atoms with van der Waals surface area (Å²) in [5.74, 6) is 1.48. The van der Waals surface area contributed by atoms with E-state index in [9.17, 15) is 4.79 Å². The third-order valence-electron chi connectivity index (χ3n) is 2.97. The van der Waals surface area contributed by atoms with Crippen LogP contribution in [0.15, 0.2) is 36.9 Å². The van der Waals surface area contributed by atoms with Crippen LogP contribution in [0.1, 0.15) is 25.5 Å². The summed E-state index contributed by atoms with van der Waals surface area (Å²) in [5.41, 5.74) is 0. The van der Waals surface area contributed by atoms with E-state index in [-0.39, 0.29) is 5.78 Å². The van der Waals surface area contributed by atoms with Crippen molar-refractivity contribution < 1.29 is 4.79 Å². The number of ketones is 1. The van der Waals surface area contributed by atoms with Gasteiger partial charge in [-0.05, 0) is 38.2 Å². The lowest BCUT2D eigenvalue weighted by molar-refractivity contribution is -0.110. The molecule has 0 amide bonds. The van der Waals surface area contributed by atoms with Crippen molar-refractivity contribution in [3.8, 4) is 0 Å². The van der Waals surface area contributed by atoms with E-state index in [1.807, 2.05) is 35.4 Å². The molecule has 0 unspecified atom stereocenters. The second-order valence-corrected chi connectivity index (χ2v) is 4.21. The highest BCUT2D eigenvalue weighted by Gasteiger charge is 1.98. The molecule has 0 bridgehead atoms. The van der Waals surface area contributed by atoms with Gasteiger partial charge >= 0.3 is 0 Å². The van der Waals surface area contributed by atoms with Crippen molar-refractivity contribution in [2.75, 3.05) is 0 Å². The van der Waals surface area contributed by atoms with E-state index in [2.05, 4.69) is 9.97 Å². The van der Waals surface area contributed by atoms with E-state index in [1.165, 1.54) is 12.2 Å². The summed E-state index contributed by atoms with van der Waals surface area (Å²) in [6.07, 6.45) is 13.7. The van der Waals surface area contributed by atoms with E-state index in [0.29, 0.717) is 0 Å². The summed E-state index contributed by atoms with van der Waals surface area (Å²) >= 11 is 0. The summed E-state index contributed by atoms with van der Waals surface area (Å²) in [5, 5.41) is 0. The number of aryl methyl sites for hydroxylation is 2. The van der Waals surface area contributed by atoms with Gasteiger partial charge in [-0.25, -0.2) is 9.97 Å². The third-order valence-corrected chi connectivity index (χ3v) is 2.97. The van der Waals surface area contributed by atoms with Crippen LogP contribution in [-0.4, -0.2) is 24.9 Å². The van der Waals surface area contributed by atoms with Crippen LogP contribution in [0.2, 0.25) is 0 Å². The number of rotatable bonds is 6. The monoisotopic (exact) mass is 270 g/mol. The summed E-state index contributed by atoms with van der Waals surface area (Å²) in [4.78, 5) is 20.1. The van der Waals surface area contributed by atoms with Crippen LogP contribution in [0.25, 0.3) is 12.2 Å². The second kappa shape index (κ2) is 6.65. The van der Waals surface area contributed by atoms with Crippen LogP contribution in [-0.2, 0) is 17.9 Å². The molecule has 104 valence electrons. The minimum Gasteiger partial charge on any atom is -0.332 e. The van der Waals surface area contributed by atoms with Crippen molar-refractivity contribution in [2.24, 2.45) is 0 Å². The van der Waals surface area contributed by atoms with E-state index >= 15 is 0 Å². The predicted molar refractivity (Wildman–Crippen MR) is 78.9 cm³/mol. The number of imidazole rings is 2. The third kappa shape index (κ3) is 3.32. The quantitative estimate of drug-likeness (QED) is 0.757. The molecule has 2 heterocycles. The van der Waals surface area contributed by atoms with Gasteiger partial charge in [0.25, 0.3) is 0 Å². The van der Waals surface area contributed by atoms with Gasteiger partial charge in [-0.3, -0.25) is 4.79 Å². The maximum absolute atomic E-state index is 11.8. The Hall–Kier alpha value is -2.43. The van der Waals surface area contributed by atoms with Gasteiger partial charge in [-0.15, -0.1) is 0 Å². The Labute approximate surface area is 118 Å². The SMILES string of the molecule is CCn1ccnc1/C=C/C(=O)/C=C/c1nccn1CC. The molecule has 5 heteroatoms. The molecule has 2 rings (SSSR count). The first-order valence-electron chi connectivity index (χ1n) is 6.67. The lowest BCUT2D eigenvalue weighted by Gasteiger charge is -1.98. The molecule has 0 N–H and O–H groups in total. The van der Waals surface area contributed by atoms with Gasteiger partial charge in [0.05, 0.1) is 0 Å². The number of allylic oxidation sites excluding steroid dienone is 2. The lowest BCUT2D eigenvalue weighted by Crippen LogP contribution is -1.97. The van der Waals surface area contributed by atoms with E-state index in [1.54, 1.807) is 24.5 Å². The second-order valence-electron chi connectivity index (χ2n) is 4.21. The maximum atomic E-state index is 11.8. The molecule has 0 atom stereocenters. The van der Waals surface area contributed by atoms with Crippen molar-refractivity contribution in [3.63, 3.8) is 0 Å². The molecule has 0 saturated carbocycles. The molecule has 0 radical (unpaired) electrons. The average Bonchev–Trinajstić information content (AvgIpc) is 3.10. The molecule has 5 nitrogen and oxygen atoms in total. The number of hydrogen-bond donors (Lipinski definition) is 0. The Morgan fingerprint density at radius 2 is 1.45 bits per heavy atom. The fraction of sp³-hybridized carbons (Fsp3) is 0.267. The minimum absolute atomic E-state index is 0.0821. The van der Waals surface area contributed by atoms with Crippen molar-refractivity contribution >= 4 is 17.9 Å². The smallest absolute Gasteiger partial charge is 0.178 e. The van der Waals surface area contributed by atoms with Crippen LogP contribution < -0.4 is 0 Å². The van der Waals surface area contributed by atoms with Gasteiger partial charge in [-0.1, -0.05) is 0 Å². The molecule has 0 aliphatic carbocycles. The fourth-order valence-electron chi connectivity index (χ4n) is 1.86. The van der Waals surface area contributed by atoms with E-state index in [0.717, 1.165) is 24.7 Å². The normalized spacial score (nSPS) is 11.7. The zero-order valence-corrected chi connectivity index (χ0v) is 11.7. The highest BCUT2D eigenvalue weighted by atomic mass is 16.1. The van der Waals surface area contributed by atoms with Gasteiger partial charge in [0, 0.05) is 37.9 Å². The predicted octanol–water partition coefficient (Wildman–Crippen LogP) is 2.42. The Kier molecular flexibility index (Phi) is 4.65. The molecular weight excluding hydrogens is 252 g/mol. The van der Waals surface area contributed by atoms with Crippen LogP contribution in [0.3, 0.4) is 0 Å². The zero-order valence-electron chi connectivity index (χ0n) is 11.7. The Balaban J connectivity index is 2.02. The Bertz CT molecular complexity index is 580. The van der Waals surface area contributed by atoms with Gasteiger partial charge in [0.15, 0.2) is 5.78 Å². The van der Waals surface area contributed by atoms with E-state index in [4.69, 9.17) is 0 Å². The molecule has 0 aliphatic heterocycles. The van der Waals surface area contributed by atoms with Gasteiger partial charge in [0.1, 0.15) is 11.6 Å². The topological polar surface area (TPSA) is 52.7 Å². The number of carbonyl (C=O) groups is 1. The number of aromatic nitrogens is 4. The molecular formula is C15H18N4O. The minimum atomic E-state index is -0.0821. The summed E-state index contributed by atoms with van der Waals surface area (Å²) in [7, 11) is 0. The van der Waals surface area contributed by atoms with Gasteiger partial charge in [0.2, 0.25) is 0 Å². The van der Waals surface area contributed by atoms with Crippen LogP contribution in [0.5, 0.6) is 0 Å². The first kappa shape index (κ1) is 14.0. The first-order valence-corrected chi connectivity index (χ1v) is 6.67. The largest absolute Gasteiger partial charge is 0.332 e. The van der Waals surface area contributed by atoms with Crippen molar-refractivity contribution in [3.05, 3.63) is 48.6 Å². The standard InChI is InChI=1S/C15H18N4O/c1-3-18-11-9-16-14(18)7-5-13(20)6-8-15-17-10-12-19(15)4-2/h5-12H,3-4H2,1-2H3/b7-5+,8-6+. The number of nitrogens with zero attached hydrogens (tertiary/aromatic N) is 4. The van der Waals surface area contributed by atoms with Crippen LogP contribution >= 0.6 is 0 Å². The molecule has 0 aromatic carbocycles. The Morgan fingerprint density at radius 3 is 1.85 bits per heavy atom. The molecule has 20 heavy (non-hydrogen) atoms. The van der Waals surface area contributed by atoms with Gasteiger partial charge in [-0.2, -0.15) is 0 Å². The summed E-state index contributed by atoms with van der Waals surface area (Å²) in [6.45, 7) is 5.73. The Morgan fingerprint density at radius 1 is 1.00 bits per heavy atom. The van der Waals surface area contributed by atoms with Crippen LogP contribution in [0, 0.1) is 0 Å². The highest BCUT2D eigenvalue weighted by molar-refractivity contribution is 6.04. The number of carbonyl (C=O) groups excluding carboxylic acids is 1. The molecule has 2 aromatic heterocycles. The number of hydrogen-bond acceptors (Lipinski definition) is 3. The van der Waals surface area contributed by atoms with Crippen molar-refractivity contribution in [1.29, 1.82) is 0 Å². The maximum Gasteiger partial charge on any atom is 0.178 e. The van der Waals surface area contributed by atoms with Crippen LogP contribution in [0.4, 0.5) is 0 Å². The van der Waals surface area contributed by atoms with Crippen molar-refractivity contribution in [1.82, 2.24) is 19.1 Å². The molecule has 0 fully saturated rings. The first-order chi connectivity index (χ1) is 9.74. The molecule has 0 aliphatic rings. The molecule has 0 saturated heterocycles. The fourth-order valence-corrected chi connectivity index (χ4v) is 1.86. The average molecular weight is 270 g/mol. The summed E-state index contributed by atoms with van der Waals surface area (Å²) < 4.78 is 3.94. The highest BCUT2D eigenvalue weighted by Crippen LogP contribution is 2.02. The van der Waals surface area contributed by atoms with E-state index < -0.39 is 0 Å². The summed E-state index contributed by atoms with van der Waals surface area (Å²) in [6, 6.07) is 0. The zero-order chi connectivity index (χ0) is 14.4. The molecule has 0 spiro atoms. The van der Waals surface area contributed by atoms with Gasteiger partial charge < -0.3 is 9.13 Å². The van der Waals surface area contributed by atoms with Crippen molar-refractivity contribution in [2.45, 2.75) is 26.9 Å². The molecule has 2 aromatic rings. The lowest BCUT2D eigenvalue weighted by atomic mass is 10.3.